The van der Waals surface area contributed by atoms with Crippen LogP contribution >= 0.6 is 0 Å². The fourth-order valence-electron chi connectivity index (χ4n) is 2.51. The van der Waals surface area contributed by atoms with E-state index in [1.807, 2.05) is 42.5 Å². The van der Waals surface area contributed by atoms with Gasteiger partial charge in [0.05, 0.1) is 10.5 Å². The molecule has 0 aliphatic heterocycles. The van der Waals surface area contributed by atoms with Crippen molar-refractivity contribution in [3.63, 3.8) is 0 Å². The fraction of sp³-hybridized carbons (Fsp3) is 0.400. The van der Waals surface area contributed by atoms with Crippen LogP contribution in [0.25, 0.3) is 0 Å². The molecule has 0 heterocycles. The normalized spacial score (nSPS) is 14.4. The molecule has 0 saturated heterocycles. The van der Waals surface area contributed by atoms with Gasteiger partial charge in [0.2, 0.25) is 10.0 Å². The molecular formula is C20H27NO3S. The molecule has 2 aromatic carbocycles. The van der Waals surface area contributed by atoms with Crippen LogP contribution in [-0.2, 0) is 16.4 Å². The maximum Gasteiger partial charge on any atom is 0.240 e. The third kappa shape index (κ3) is 5.96. The Bertz CT molecular complexity index is 766. The lowest BCUT2D eigenvalue weighted by molar-refractivity contribution is 0.0565. The maximum atomic E-state index is 12.4. The highest BCUT2D eigenvalue weighted by molar-refractivity contribution is 7.89. The van der Waals surface area contributed by atoms with Crippen LogP contribution < -0.4 is 4.72 Å². The zero-order chi connectivity index (χ0) is 18.5. The molecule has 0 fully saturated rings. The van der Waals surface area contributed by atoms with Gasteiger partial charge in [-0.3, -0.25) is 0 Å². The third-order valence-corrected chi connectivity index (χ3v) is 5.71. The van der Waals surface area contributed by atoms with Crippen LogP contribution in [0.5, 0.6) is 0 Å². The van der Waals surface area contributed by atoms with Gasteiger partial charge in [-0.25, -0.2) is 13.1 Å². The number of sulfonamides is 1. The molecular weight excluding hydrogens is 334 g/mol. The molecule has 0 spiro atoms. The highest BCUT2D eigenvalue weighted by atomic mass is 32.2. The van der Waals surface area contributed by atoms with Crippen molar-refractivity contribution in [1.29, 1.82) is 0 Å². The lowest BCUT2D eigenvalue weighted by Gasteiger charge is -2.23. The number of aryl methyl sites for hydroxylation is 1. The van der Waals surface area contributed by atoms with E-state index < -0.39 is 15.6 Å². The molecule has 0 bridgehead atoms. The van der Waals surface area contributed by atoms with Gasteiger partial charge in [-0.05, 0) is 48.9 Å². The average Bonchev–Trinajstić information content (AvgIpc) is 2.60. The number of hydrogen-bond acceptors (Lipinski definition) is 3. The third-order valence-electron chi connectivity index (χ3n) is 4.30. The summed E-state index contributed by atoms with van der Waals surface area (Å²) in [5.41, 5.74) is 1.10. The Balaban J connectivity index is 1.95. The summed E-state index contributed by atoms with van der Waals surface area (Å²) in [6, 6.07) is 16.7. The van der Waals surface area contributed by atoms with E-state index in [-0.39, 0.29) is 11.4 Å². The zero-order valence-corrected chi connectivity index (χ0v) is 15.9. The minimum atomic E-state index is -3.63. The van der Waals surface area contributed by atoms with Crippen LogP contribution in [0.4, 0.5) is 0 Å². The molecule has 0 aromatic heterocycles. The van der Waals surface area contributed by atoms with Crippen molar-refractivity contribution in [2.45, 2.75) is 50.0 Å². The topological polar surface area (TPSA) is 66.4 Å². The van der Waals surface area contributed by atoms with Crippen molar-refractivity contribution in [3.8, 4) is 0 Å². The molecule has 25 heavy (non-hydrogen) atoms. The molecule has 0 aliphatic carbocycles. The molecule has 136 valence electrons. The second kappa shape index (κ2) is 8.13. The van der Waals surface area contributed by atoms with Crippen molar-refractivity contribution < 1.29 is 13.5 Å². The van der Waals surface area contributed by atoms with Gasteiger partial charge in [-0.1, -0.05) is 56.3 Å². The van der Waals surface area contributed by atoms with Crippen molar-refractivity contribution in [3.05, 3.63) is 65.7 Å². The summed E-state index contributed by atoms with van der Waals surface area (Å²) in [4.78, 5) is 0.218. The SMILES string of the molecule is CC(C)c1ccc(S(=O)(=O)NCC(C)(O)CCc2ccccc2)cc1. The van der Waals surface area contributed by atoms with E-state index in [1.54, 1.807) is 19.1 Å². The van der Waals surface area contributed by atoms with E-state index in [0.717, 1.165) is 11.1 Å². The maximum absolute atomic E-state index is 12.4. The van der Waals surface area contributed by atoms with Crippen LogP contribution in [0.1, 0.15) is 44.2 Å². The summed E-state index contributed by atoms with van der Waals surface area (Å²) < 4.78 is 27.3. The van der Waals surface area contributed by atoms with Gasteiger partial charge in [0.15, 0.2) is 0 Å². The second-order valence-corrected chi connectivity index (χ2v) is 8.80. The standard InChI is InChI=1S/C20H27NO3S/c1-16(2)18-9-11-19(12-10-18)25(23,24)21-15-20(3,22)14-13-17-7-5-4-6-8-17/h4-12,16,21-22H,13-15H2,1-3H3. The summed E-state index contributed by atoms with van der Waals surface area (Å²) in [7, 11) is -3.63. The summed E-state index contributed by atoms with van der Waals surface area (Å²) in [5, 5.41) is 10.5. The van der Waals surface area contributed by atoms with Crippen LogP contribution in [-0.4, -0.2) is 25.7 Å². The van der Waals surface area contributed by atoms with Crippen molar-refractivity contribution in [2.24, 2.45) is 0 Å². The van der Waals surface area contributed by atoms with E-state index in [0.29, 0.717) is 18.8 Å². The zero-order valence-electron chi connectivity index (χ0n) is 15.1. The first-order valence-corrected chi connectivity index (χ1v) is 10.0. The predicted molar refractivity (Wildman–Crippen MR) is 101 cm³/mol. The number of hydrogen-bond donors (Lipinski definition) is 2. The van der Waals surface area contributed by atoms with Gasteiger partial charge in [0.25, 0.3) is 0 Å². The molecule has 2 aromatic rings. The van der Waals surface area contributed by atoms with Gasteiger partial charge in [0, 0.05) is 6.54 Å². The van der Waals surface area contributed by atoms with Gasteiger partial charge < -0.3 is 5.11 Å². The Morgan fingerprint density at radius 1 is 1.04 bits per heavy atom. The van der Waals surface area contributed by atoms with Crippen molar-refractivity contribution >= 4 is 10.0 Å². The average molecular weight is 362 g/mol. The van der Waals surface area contributed by atoms with Crippen LogP contribution in [0, 0.1) is 0 Å². The van der Waals surface area contributed by atoms with E-state index in [1.165, 1.54) is 0 Å². The Morgan fingerprint density at radius 3 is 2.20 bits per heavy atom. The lowest BCUT2D eigenvalue weighted by Crippen LogP contribution is -2.40. The van der Waals surface area contributed by atoms with Crippen molar-refractivity contribution in [2.75, 3.05) is 6.54 Å². The van der Waals surface area contributed by atoms with E-state index in [4.69, 9.17) is 0 Å². The first-order valence-electron chi connectivity index (χ1n) is 8.55. The molecule has 4 nitrogen and oxygen atoms in total. The highest BCUT2D eigenvalue weighted by Crippen LogP contribution is 2.18. The second-order valence-electron chi connectivity index (χ2n) is 7.03. The Hall–Kier alpha value is -1.69. The molecule has 2 rings (SSSR count). The Labute approximate surface area is 151 Å². The lowest BCUT2D eigenvalue weighted by atomic mass is 9.97. The quantitative estimate of drug-likeness (QED) is 0.756. The molecule has 0 saturated carbocycles. The van der Waals surface area contributed by atoms with E-state index >= 15 is 0 Å². The summed E-state index contributed by atoms with van der Waals surface area (Å²) in [5.74, 6) is 0.350. The van der Waals surface area contributed by atoms with Crippen molar-refractivity contribution in [1.82, 2.24) is 4.72 Å². The van der Waals surface area contributed by atoms with Crippen LogP contribution in [0.15, 0.2) is 59.5 Å². The summed E-state index contributed by atoms with van der Waals surface area (Å²) in [6.45, 7) is 5.76. The minimum absolute atomic E-state index is 0.0197. The van der Waals surface area contributed by atoms with Gasteiger partial charge >= 0.3 is 0 Å². The monoisotopic (exact) mass is 361 g/mol. The molecule has 0 radical (unpaired) electrons. The summed E-state index contributed by atoms with van der Waals surface area (Å²) in [6.07, 6.45) is 1.17. The van der Waals surface area contributed by atoms with Crippen LogP contribution in [0.3, 0.4) is 0 Å². The van der Waals surface area contributed by atoms with Gasteiger partial charge in [-0.15, -0.1) is 0 Å². The molecule has 2 N–H and O–H groups in total. The Kier molecular flexibility index (Phi) is 6.38. The molecule has 1 unspecified atom stereocenters. The van der Waals surface area contributed by atoms with Crippen LogP contribution in [0.2, 0.25) is 0 Å². The predicted octanol–water partition coefficient (Wildman–Crippen LogP) is 3.47. The minimum Gasteiger partial charge on any atom is -0.389 e. The first-order chi connectivity index (χ1) is 11.7. The number of rotatable bonds is 8. The Morgan fingerprint density at radius 2 is 1.64 bits per heavy atom. The van der Waals surface area contributed by atoms with E-state index in [9.17, 15) is 13.5 Å². The molecule has 0 amide bonds. The molecule has 0 aliphatic rings. The number of nitrogens with one attached hydrogen (secondary N) is 1. The molecule has 1 atom stereocenters. The first kappa shape index (κ1) is 19.6. The molecule has 5 heteroatoms. The highest BCUT2D eigenvalue weighted by Gasteiger charge is 2.24. The number of aliphatic hydroxyl groups is 1. The largest absolute Gasteiger partial charge is 0.389 e. The fourth-order valence-corrected chi connectivity index (χ4v) is 3.67. The number of benzene rings is 2. The van der Waals surface area contributed by atoms with E-state index in [2.05, 4.69) is 18.6 Å². The summed E-state index contributed by atoms with van der Waals surface area (Å²) >= 11 is 0. The van der Waals surface area contributed by atoms with Gasteiger partial charge in [-0.2, -0.15) is 0 Å². The van der Waals surface area contributed by atoms with Gasteiger partial charge in [0.1, 0.15) is 0 Å². The smallest absolute Gasteiger partial charge is 0.240 e.